The van der Waals surface area contributed by atoms with Crippen LogP contribution in [0.15, 0.2) is 146 Å². The van der Waals surface area contributed by atoms with Crippen LogP contribution in [0.4, 0.5) is 0 Å². The molecule has 9 rings (SSSR count). The Bertz CT molecular complexity index is 2650. The van der Waals surface area contributed by atoms with Crippen molar-refractivity contribution in [3.05, 3.63) is 162 Å². The van der Waals surface area contributed by atoms with Crippen LogP contribution in [0.5, 0.6) is 0 Å². The first-order valence-corrected chi connectivity index (χ1v) is 16.7. The minimum absolute atomic E-state index is 1.18. The van der Waals surface area contributed by atoms with Gasteiger partial charge in [-0.1, -0.05) is 109 Å². The number of hydrogen-bond acceptors (Lipinski definition) is 1. The Morgan fingerprint density at radius 2 is 1.24 bits per heavy atom. The molecule has 1 nitrogen and oxygen atoms in total. The summed E-state index contributed by atoms with van der Waals surface area (Å²) >= 11 is 1.91. The summed E-state index contributed by atoms with van der Waals surface area (Å²) in [5, 5.41) is 9.03. The van der Waals surface area contributed by atoms with E-state index in [1.165, 1.54) is 91.8 Å². The molecule has 2 heterocycles. The molecule has 0 aliphatic rings. The molecule has 7 aromatic carbocycles. The lowest BCUT2D eigenvalue weighted by Gasteiger charge is -2.11. The van der Waals surface area contributed by atoms with Crippen LogP contribution >= 0.6 is 11.3 Å². The normalized spacial score (nSPS) is 12.3. The van der Waals surface area contributed by atoms with Gasteiger partial charge in [0.05, 0.1) is 11.0 Å². The van der Waals surface area contributed by atoms with Crippen LogP contribution in [0.1, 0.15) is 22.9 Å². The molecule has 0 radical (unpaired) electrons. The molecule has 0 aliphatic heterocycles. The van der Waals surface area contributed by atoms with Crippen LogP contribution in [0.3, 0.4) is 0 Å². The molecule has 2 heteroatoms. The van der Waals surface area contributed by atoms with Gasteiger partial charge in [0, 0.05) is 37.0 Å². The second-order valence-electron chi connectivity index (χ2n) is 12.2. The Hall–Kier alpha value is -5.44. The third-order valence-electron chi connectivity index (χ3n) is 9.46. The predicted octanol–water partition coefficient (Wildman–Crippen LogP) is 12.8. The van der Waals surface area contributed by atoms with Crippen molar-refractivity contribution in [1.29, 1.82) is 0 Å². The number of aromatic nitrogens is 1. The SMILES string of the molecule is C/C(=C\c1c(C)ccc2ccccc12)c1sc2ccc3ccccc3c2c1-c1ccc2c(c1)c1ccccc1n2-c1ccccc1. The number of benzene rings is 7. The van der Waals surface area contributed by atoms with E-state index in [-0.39, 0.29) is 0 Å². The van der Waals surface area contributed by atoms with Crippen molar-refractivity contribution in [2.45, 2.75) is 13.8 Å². The molecular weight excluding hydrogens is 575 g/mol. The number of aryl methyl sites for hydroxylation is 1. The molecule has 0 amide bonds. The average molecular weight is 606 g/mol. The fraction of sp³-hybridized carbons (Fsp3) is 0.0455. The zero-order valence-corrected chi connectivity index (χ0v) is 26.6. The van der Waals surface area contributed by atoms with Gasteiger partial charge in [-0.3, -0.25) is 0 Å². The van der Waals surface area contributed by atoms with Crippen molar-refractivity contribution in [3.63, 3.8) is 0 Å². The number of thiophene rings is 1. The Balaban J connectivity index is 1.35. The number of allylic oxidation sites excluding steroid dienone is 1. The van der Waals surface area contributed by atoms with E-state index in [0.717, 1.165) is 0 Å². The molecule has 0 N–H and O–H groups in total. The zero-order valence-electron chi connectivity index (χ0n) is 25.8. The summed E-state index contributed by atoms with van der Waals surface area (Å²) < 4.78 is 3.71. The molecule has 9 aromatic rings. The summed E-state index contributed by atoms with van der Waals surface area (Å²) in [4.78, 5) is 1.32. The third-order valence-corrected chi connectivity index (χ3v) is 10.8. The number of nitrogens with zero attached hydrogens (tertiary/aromatic N) is 1. The Kier molecular flexibility index (Phi) is 6.19. The Morgan fingerprint density at radius 1 is 0.587 bits per heavy atom. The molecular formula is C44H31NS. The van der Waals surface area contributed by atoms with E-state index in [1.54, 1.807) is 0 Å². The van der Waals surface area contributed by atoms with Crippen molar-refractivity contribution in [3.8, 4) is 16.8 Å². The molecule has 0 atom stereocenters. The van der Waals surface area contributed by atoms with Gasteiger partial charge < -0.3 is 4.57 Å². The highest BCUT2D eigenvalue weighted by Crippen LogP contribution is 2.47. The first-order chi connectivity index (χ1) is 22.7. The minimum atomic E-state index is 1.18. The topological polar surface area (TPSA) is 4.93 Å². The van der Waals surface area contributed by atoms with E-state index in [4.69, 9.17) is 0 Å². The van der Waals surface area contributed by atoms with Crippen molar-refractivity contribution in [1.82, 2.24) is 4.57 Å². The molecule has 0 saturated carbocycles. The maximum absolute atomic E-state index is 2.43. The first kappa shape index (κ1) is 26.9. The third kappa shape index (κ3) is 4.14. The standard InChI is InChI=1S/C44H31NS/c1-28-20-21-30-12-6-8-16-34(30)37(28)26-29(2)44-42(43-35-17-9-7-13-31(35)23-25-41(43)46-44)32-22-24-40-38(27-32)36-18-10-11-19-39(36)45(40)33-14-4-3-5-15-33/h3-27H,1-2H3/b29-26+. The highest BCUT2D eigenvalue weighted by Gasteiger charge is 2.20. The molecule has 0 unspecified atom stereocenters. The smallest absolute Gasteiger partial charge is 0.0541 e. The van der Waals surface area contributed by atoms with Gasteiger partial charge in [-0.2, -0.15) is 0 Å². The van der Waals surface area contributed by atoms with Crippen molar-refractivity contribution in [2.75, 3.05) is 0 Å². The van der Waals surface area contributed by atoms with Crippen LogP contribution in [0.2, 0.25) is 0 Å². The predicted molar refractivity (Wildman–Crippen MR) is 201 cm³/mol. The van der Waals surface area contributed by atoms with E-state index in [1.807, 2.05) is 11.3 Å². The minimum Gasteiger partial charge on any atom is -0.309 e. The monoisotopic (exact) mass is 605 g/mol. The molecule has 218 valence electrons. The van der Waals surface area contributed by atoms with E-state index in [2.05, 4.69) is 170 Å². The van der Waals surface area contributed by atoms with Gasteiger partial charge in [-0.15, -0.1) is 11.3 Å². The van der Waals surface area contributed by atoms with Crippen LogP contribution in [0, 0.1) is 6.92 Å². The highest BCUT2D eigenvalue weighted by molar-refractivity contribution is 7.21. The van der Waals surface area contributed by atoms with Crippen molar-refractivity contribution < 1.29 is 0 Å². The summed E-state index contributed by atoms with van der Waals surface area (Å²) in [6, 6.07) is 53.2. The maximum Gasteiger partial charge on any atom is 0.0541 e. The second-order valence-corrected chi connectivity index (χ2v) is 13.3. The lowest BCUT2D eigenvalue weighted by atomic mass is 9.93. The number of rotatable bonds is 4. The summed E-state index contributed by atoms with van der Waals surface area (Å²) in [5.41, 5.74) is 10.1. The van der Waals surface area contributed by atoms with E-state index in [0.29, 0.717) is 0 Å². The second kappa shape index (κ2) is 10.6. The molecule has 0 fully saturated rings. The van der Waals surface area contributed by atoms with E-state index < -0.39 is 0 Å². The number of fused-ring (bicyclic) bond motifs is 7. The van der Waals surface area contributed by atoms with Crippen molar-refractivity contribution in [2.24, 2.45) is 0 Å². The summed E-state index contributed by atoms with van der Waals surface area (Å²) in [6.07, 6.45) is 2.41. The number of para-hydroxylation sites is 2. The van der Waals surface area contributed by atoms with Crippen LogP contribution in [0.25, 0.3) is 81.9 Å². The van der Waals surface area contributed by atoms with Gasteiger partial charge in [0.15, 0.2) is 0 Å². The maximum atomic E-state index is 2.43. The average Bonchev–Trinajstić information content (AvgIpc) is 3.66. The molecule has 2 aromatic heterocycles. The first-order valence-electron chi connectivity index (χ1n) is 15.9. The fourth-order valence-corrected chi connectivity index (χ4v) is 8.50. The highest BCUT2D eigenvalue weighted by atomic mass is 32.1. The van der Waals surface area contributed by atoms with Crippen LogP contribution < -0.4 is 0 Å². The van der Waals surface area contributed by atoms with Gasteiger partial charge >= 0.3 is 0 Å². The molecule has 46 heavy (non-hydrogen) atoms. The Morgan fingerprint density at radius 3 is 2.07 bits per heavy atom. The lowest BCUT2D eigenvalue weighted by molar-refractivity contribution is 1.18. The quantitative estimate of drug-likeness (QED) is 0.188. The van der Waals surface area contributed by atoms with Crippen LogP contribution in [-0.2, 0) is 0 Å². The molecule has 0 spiro atoms. The molecule has 0 aliphatic carbocycles. The number of hydrogen-bond donors (Lipinski definition) is 0. The molecule has 0 saturated heterocycles. The van der Waals surface area contributed by atoms with Gasteiger partial charge in [0.2, 0.25) is 0 Å². The van der Waals surface area contributed by atoms with Gasteiger partial charge in [-0.25, -0.2) is 0 Å². The fourth-order valence-electron chi connectivity index (χ4n) is 7.28. The largest absolute Gasteiger partial charge is 0.309 e. The van der Waals surface area contributed by atoms with E-state index in [9.17, 15) is 0 Å². The summed E-state index contributed by atoms with van der Waals surface area (Å²) in [7, 11) is 0. The lowest BCUT2D eigenvalue weighted by Crippen LogP contribution is -1.93. The van der Waals surface area contributed by atoms with Crippen molar-refractivity contribution >= 4 is 76.4 Å². The van der Waals surface area contributed by atoms with Gasteiger partial charge in [0.1, 0.15) is 0 Å². The van der Waals surface area contributed by atoms with Gasteiger partial charge in [-0.05, 0) is 100 Å². The zero-order chi connectivity index (χ0) is 30.8. The summed E-state index contributed by atoms with van der Waals surface area (Å²) in [5.74, 6) is 0. The van der Waals surface area contributed by atoms with Crippen LogP contribution in [-0.4, -0.2) is 4.57 Å². The summed E-state index contributed by atoms with van der Waals surface area (Å²) in [6.45, 7) is 4.51. The van der Waals surface area contributed by atoms with E-state index >= 15 is 0 Å². The molecule has 0 bridgehead atoms. The Labute approximate surface area is 272 Å². The van der Waals surface area contributed by atoms with Gasteiger partial charge in [0.25, 0.3) is 0 Å².